The first-order chi connectivity index (χ1) is 4.19. The van der Waals surface area contributed by atoms with Gasteiger partial charge in [-0.3, -0.25) is 0 Å². The van der Waals surface area contributed by atoms with Crippen LogP contribution >= 0.6 is 56.2 Å². The zero-order valence-corrected chi connectivity index (χ0v) is 10.2. The lowest BCUT2D eigenvalue weighted by atomic mass is 9.87. The van der Waals surface area contributed by atoms with Crippen LogP contribution in [0.2, 0.25) is 4.94 Å². The second-order valence-electron chi connectivity index (χ2n) is 2.52. The maximum absolute atomic E-state index is 5.72. The molecule has 0 saturated carbocycles. The lowest BCUT2D eigenvalue weighted by Crippen LogP contribution is -2.35. The van der Waals surface area contributed by atoms with E-state index in [0.717, 1.165) is 0 Å². The van der Waals surface area contributed by atoms with Gasteiger partial charge in [-0.25, -0.2) is 0 Å². The third kappa shape index (κ3) is 2.65. The summed E-state index contributed by atoms with van der Waals surface area (Å²) in [6, 6.07) is -2.80. The Morgan fingerprint density at radius 3 is 1.40 bits per heavy atom. The lowest BCUT2D eigenvalue weighted by Gasteiger charge is -2.28. The molecule has 10 heavy (non-hydrogen) atoms. The molecule has 0 heterocycles. The molecule has 0 spiro atoms. The summed E-state index contributed by atoms with van der Waals surface area (Å²) in [5, 5.41) is 0. The Morgan fingerprint density at radius 1 is 1.10 bits per heavy atom. The Morgan fingerprint density at radius 2 is 1.40 bits per heavy atom. The summed E-state index contributed by atoms with van der Waals surface area (Å²) in [6.45, 7) is 3.49. The molecule has 0 unspecified atom stereocenters. The normalized spacial score (nSPS) is 13.5. The van der Waals surface area contributed by atoms with Crippen molar-refractivity contribution in [3.63, 3.8) is 0 Å². The predicted octanol–water partition coefficient (Wildman–Crippen LogP) is 3.93. The van der Waals surface area contributed by atoms with Gasteiger partial charge in [0, 0.05) is 4.94 Å². The van der Waals surface area contributed by atoms with E-state index in [-0.39, 0.29) is 0 Å². The SMILES string of the molecule is CC(C)(B(Cl)Cl)[Si](Cl)(Cl)Cl. The summed E-state index contributed by atoms with van der Waals surface area (Å²) in [6.07, 6.45) is 0. The Kier molecular flexibility index (Phi) is 4.26. The van der Waals surface area contributed by atoms with Crippen LogP contribution in [-0.4, -0.2) is 11.5 Å². The summed E-state index contributed by atoms with van der Waals surface area (Å²) < 4.78 is 0. The van der Waals surface area contributed by atoms with Crippen molar-refractivity contribution >= 4 is 67.7 Å². The Balaban J connectivity index is 4.40. The average Bonchev–Trinajstić information content (AvgIpc) is 1.62. The summed E-state index contributed by atoms with van der Waals surface area (Å²) in [5.41, 5.74) is -0.633. The standard InChI is InChI=1S/C3H6BCl5Si/c1-3(2,4(5)6)10(7,8)9/h1-2H3. The van der Waals surface area contributed by atoms with Crippen molar-refractivity contribution in [2.24, 2.45) is 0 Å². The zero-order chi connectivity index (χ0) is 8.58. The lowest BCUT2D eigenvalue weighted by molar-refractivity contribution is 0.945. The minimum atomic E-state index is -2.80. The van der Waals surface area contributed by atoms with Crippen molar-refractivity contribution in [2.75, 3.05) is 0 Å². The second-order valence-corrected chi connectivity index (χ2v) is 12.7. The van der Waals surface area contributed by atoms with Gasteiger partial charge in [-0.2, -0.15) is 22.9 Å². The van der Waals surface area contributed by atoms with Gasteiger partial charge in [0.15, 0.2) is 0 Å². The van der Waals surface area contributed by atoms with Crippen molar-refractivity contribution in [1.82, 2.24) is 0 Å². The molecule has 0 aromatic heterocycles. The number of hydrogen-bond donors (Lipinski definition) is 0. The quantitative estimate of drug-likeness (QED) is 0.520. The highest BCUT2D eigenvalue weighted by molar-refractivity contribution is 7.69. The molecule has 0 saturated heterocycles. The fraction of sp³-hybridized carbons (Fsp3) is 1.00. The van der Waals surface area contributed by atoms with Crippen molar-refractivity contribution in [3.05, 3.63) is 0 Å². The van der Waals surface area contributed by atoms with Crippen molar-refractivity contribution in [2.45, 2.75) is 18.8 Å². The maximum atomic E-state index is 5.72. The van der Waals surface area contributed by atoms with Crippen LogP contribution in [0.4, 0.5) is 0 Å². The third-order valence-electron chi connectivity index (χ3n) is 1.28. The summed E-state index contributed by atoms with van der Waals surface area (Å²) in [4.78, 5) is -0.596. The molecule has 0 aliphatic carbocycles. The molecule has 0 atom stereocenters. The Labute approximate surface area is 86.1 Å². The first kappa shape index (κ1) is 11.7. The van der Waals surface area contributed by atoms with Crippen molar-refractivity contribution in [3.8, 4) is 0 Å². The van der Waals surface area contributed by atoms with Gasteiger partial charge in [0.2, 0.25) is 0 Å². The van der Waals surface area contributed by atoms with Crippen LogP contribution in [-0.2, 0) is 0 Å². The second kappa shape index (κ2) is 3.63. The van der Waals surface area contributed by atoms with Crippen LogP contribution in [0.15, 0.2) is 0 Å². The van der Waals surface area contributed by atoms with Crippen molar-refractivity contribution < 1.29 is 0 Å². The Bertz CT molecular complexity index is 119. The fourth-order valence-electron chi connectivity index (χ4n) is 0.124. The van der Waals surface area contributed by atoms with E-state index in [2.05, 4.69) is 0 Å². The topological polar surface area (TPSA) is 0 Å². The molecule has 0 fully saturated rings. The molecule has 0 nitrogen and oxygen atoms in total. The average molecular weight is 258 g/mol. The largest absolute Gasteiger partial charge is 0.358 e. The van der Waals surface area contributed by atoms with E-state index in [1.165, 1.54) is 0 Å². The third-order valence-corrected chi connectivity index (χ3v) is 8.87. The van der Waals surface area contributed by atoms with Gasteiger partial charge < -0.3 is 0 Å². The molecule has 0 amide bonds. The first-order valence-electron chi connectivity index (χ1n) is 2.54. The highest BCUT2D eigenvalue weighted by Crippen LogP contribution is 2.49. The highest BCUT2D eigenvalue weighted by Gasteiger charge is 2.50. The minimum absolute atomic E-state index is 0.596. The summed E-state index contributed by atoms with van der Waals surface area (Å²) >= 11 is 28.4. The van der Waals surface area contributed by atoms with Gasteiger partial charge in [-0.05, 0) is 0 Å². The van der Waals surface area contributed by atoms with E-state index in [0.29, 0.717) is 0 Å². The van der Waals surface area contributed by atoms with Crippen LogP contribution in [0.1, 0.15) is 13.8 Å². The fourth-order valence-corrected chi connectivity index (χ4v) is 3.34. The predicted molar refractivity (Wildman–Crippen MR) is 54.8 cm³/mol. The molecular weight excluding hydrogens is 252 g/mol. The van der Waals surface area contributed by atoms with Crippen LogP contribution in [0, 0.1) is 0 Å². The number of rotatable bonds is 2. The number of halogens is 5. The van der Waals surface area contributed by atoms with Gasteiger partial charge in [-0.1, -0.05) is 13.8 Å². The van der Waals surface area contributed by atoms with E-state index >= 15 is 0 Å². The molecule has 7 heteroatoms. The molecule has 0 aromatic carbocycles. The van der Waals surface area contributed by atoms with Crippen LogP contribution in [0.3, 0.4) is 0 Å². The van der Waals surface area contributed by atoms with E-state index in [9.17, 15) is 0 Å². The molecule has 0 radical (unpaired) electrons. The highest BCUT2D eigenvalue weighted by atomic mass is 35.8. The number of hydrogen-bond acceptors (Lipinski definition) is 0. The van der Waals surface area contributed by atoms with Gasteiger partial charge in [0.05, 0.1) is 0 Å². The van der Waals surface area contributed by atoms with Gasteiger partial charge >= 0.3 is 11.5 Å². The molecule has 0 bridgehead atoms. The van der Waals surface area contributed by atoms with Crippen LogP contribution in [0.5, 0.6) is 0 Å². The summed E-state index contributed by atoms with van der Waals surface area (Å²) in [7, 11) is 0. The molecule has 60 valence electrons. The van der Waals surface area contributed by atoms with Gasteiger partial charge in [-0.15, -0.1) is 33.2 Å². The molecule has 0 aliphatic rings. The minimum Gasteiger partial charge on any atom is -0.171 e. The molecule has 0 N–H and O–H groups in total. The molecule has 0 rings (SSSR count). The zero-order valence-electron chi connectivity index (χ0n) is 5.47. The summed E-state index contributed by atoms with van der Waals surface area (Å²) in [5.74, 6) is 0. The van der Waals surface area contributed by atoms with Gasteiger partial charge in [0.1, 0.15) is 0 Å². The molecule has 0 aromatic rings. The Hall–Kier alpha value is 1.73. The van der Waals surface area contributed by atoms with Crippen LogP contribution in [0.25, 0.3) is 0 Å². The molecule has 0 aliphatic heterocycles. The van der Waals surface area contributed by atoms with E-state index in [1.54, 1.807) is 13.8 Å². The maximum Gasteiger partial charge on any atom is 0.358 e. The van der Waals surface area contributed by atoms with E-state index in [4.69, 9.17) is 56.2 Å². The smallest absolute Gasteiger partial charge is 0.171 e. The van der Waals surface area contributed by atoms with Crippen molar-refractivity contribution in [1.29, 1.82) is 0 Å². The van der Waals surface area contributed by atoms with E-state index in [1.807, 2.05) is 0 Å². The molecular formula is C3H6BCl5Si. The van der Waals surface area contributed by atoms with Gasteiger partial charge in [0.25, 0.3) is 0 Å². The monoisotopic (exact) mass is 256 g/mol. The van der Waals surface area contributed by atoms with E-state index < -0.39 is 16.5 Å². The first-order valence-corrected chi connectivity index (χ1v) is 8.45. The van der Waals surface area contributed by atoms with Crippen LogP contribution < -0.4 is 0 Å².